The van der Waals surface area contributed by atoms with E-state index in [1.54, 1.807) is 41.3 Å². The standard InChI is InChI=1S/C17H14N2O3S2/c1-2-23-17-19-13-8-7-10(9-14(13)24-17)18-15(20)11-5-3-4-6-12(11)16(21)22/h3-9H,2H2,1H3,(H,18,20)(H,21,22)/p-1. The number of carboxylic acid groups (broad SMARTS) is 1. The molecule has 0 fully saturated rings. The maximum Gasteiger partial charge on any atom is 0.256 e. The predicted octanol–water partition coefficient (Wildman–Crippen LogP) is 3.02. The average Bonchev–Trinajstić information content (AvgIpc) is 2.96. The maximum atomic E-state index is 12.4. The third-order valence-corrected chi connectivity index (χ3v) is 5.33. The first kappa shape index (κ1) is 16.5. The van der Waals surface area contributed by atoms with Gasteiger partial charge in [0.2, 0.25) is 0 Å². The Morgan fingerprint density at radius 2 is 1.96 bits per heavy atom. The molecule has 1 aromatic heterocycles. The normalized spacial score (nSPS) is 10.7. The molecule has 0 aliphatic heterocycles. The molecule has 3 rings (SSSR count). The molecule has 24 heavy (non-hydrogen) atoms. The summed E-state index contributed by atoms with van der Waals surface area (Å²) in [7, 11) is 0. The molecule has 1 N–H and O–H groups in total. The lowest BCUT2D eigenvalue weighted by molar-refractivity contribution is -0.255. The SMILES string of the molecule is CCSc1nc2ccc(NC(=O)c3ccccc3C(=O)[O-])cc2s1. The molecule has 0 aliphatic rings. The van der Waals surface area contributed by atoms with Crippen molar-refractivity contribution in [2.45, 2.75) is 11.3 Å². The molecule has 0 saturated carbocycles. The van der Waals surface area contributed by atoms with Crippen molar-refractivity contribution >= 4 is 50.9 Å². The van der Waals surface area contributed by atoms with Gasteiger partial charge in [-0.25, -0.2) is 4.98 Å². The van der Waals surface area contributed by atoms with Gasteiger partial charge in [0.25, 0.3) is 5.91 Å². The van der Waals surface area contributed by atoms with Gasteiger partial charge in [-0.3, -0.25) is 4.79 Å². The van der Waals surface area contributed by atoms with Gasteiger partial charge in [0, 0.05) is 16.8 Å². The molecule has 2 aromatic carbocycles. The Morgan fingerprint density at radius 3 is 2.67 bits per heavy atom. The topological polar surface area (TPSA) is 82.1 Å². The lowest BCUT2D eigenvalue weighted by atomic mass is 10.1. The third kappa shape index (κ3) is 3.42. The van der Waals surface area contributed by atoms with Crippen LogP contribution in [-0.2, 0) is 0 Å². The van der Waals surface area contributed by atoms with E-state index in [2.05, 4.69) is 17.2 Å². The van der Waals surface area contributed by atoms with Gasteiger partial charge in [-0.05, 0) is 30.0 Å². The van der Waals surface area contributed by atoms with Crippen LogP contribution in [0.4, 0.5) is 5.69 Å². The van der Waals surface area contributed by atoms with Gasteiger partial charge in [-0.15, -0.1) is 11.3 Å². The van der Waals surface area contributed by atoms with Gasteiger partial charge in [0.05, 0.1) is 16.2 Å². The third-order valence-electron chi connectivity index (χ3n) is 3.29. The second kappa shape index (κ2) is 7.02. The summed E-state index contributed by atoms with van der Waals surface area (Å²) in [5.74, 6) is -0.912. The van der Waals surface area contributed by atoms with Crippen LogP contribution in [0.25, 0.3) is 10.2 Å². The molecule has 122 valence electrons. The van der Waals surface area contributed by atoms with Crippen LogP contribution in [0.5, 0.6) is 0 Å². The van der Waals surface area contributed by atoms with Gasteiger partial charge < -0.3 is 15.2 Å². The van der Waals surface area contributed by atoms with Crippen LogP contribution in [-0.4, -0.2) is 22.6 Å². The first-order valence-corrected chi connectivity index (χ1v) is 9.04. The molecule has 0 spiro atoms. The van der Waals surface area contributed by atoms with E-state index < -0.39 is 11.9 Å². The number of nitrogens with one attached hydrogen (secondary N) is 1. The Balaban J connectivity index is 1.87. The van der Waals surface area contributed by atoms with Gasteiger partial charge in [-0.1, -0.05) is 36.9 Å². The number of carboxylic acids is 1. The minimum atomic E-state index is -1.38. The molecule has 7 heteroatoms. The number of nitrogens with zero attached hydrogens (tertiary/aromatic N) is 1. The number of benzene rings is 2. The number of aromatic carboxylic acids is 1. The number of thiazole rings is 1. The molecule has 0 radical (unpaired) electrons. The van der Waals surface area contributed by atoms with Crippen LogP contribution >= 0.6 is 23.1 Å². The number of hydrogen-bond acceptors (Lipinski definition) is 6. The highest BCUT2D eigenvalue weighted by Gasteiger charge is 2.12. The van der Waals surface area contributed by atoms with Gasteiger partial charge in [-0.2, -0.15) is 0 Å². The van der Waals surface area contributed by atoms with Crippen molar-refractivity contribution in [2.75, 3.05) is 11.1 Å². The van der Waals surface area contributed by atoms with Crippen molar-refractivity contribution in [2.24, 2.45) is 0 Å². The monoisotopic (exact) mass is 357 g/mol. The maximum absolute atomic E-state index is 12.4. The lowest BCUT2D eigenvalue weighted by Gasteiger charge is -2.10. The van der Waals surface area contributed by atoms with Gasteiger partial charge in [0.1, 0.15) is 0 Å². The fraction of sp³-hybridized carbons (Fsp3) is 0.118. The molecule has 0 saturated heterocycles. The number of carbonyl (C=O) groups excluding carboxylic acids is 2. The van der Waals surface area contributed by atoms with Crippen LogP contribution in [0.15, 0.2) is 46.8 Å². The zero-order chi connectivity index (χ0) is 17.1. The Hall–Kier alpha value is -2.38. The minimum absolute atomic E-state index is 0.0733. The van der Waals surface area contributed by atoms with Crippen LogP contribution in [0.2, 0.25) is 0 Å². The van der Waals surface area contributed by atoms with Gasteiger partial charge in [0.15, 0.2) is 4.34 Å². The van der Waals surface area contributed by atoms with E-state index in [0.717, 1.165) is 20.3 Å². The zero-order valence-electron chi connectivity index (χ0n) is 12.7. The van der Waals surface area contributed by atoms with E-state index in [1.165, 1.54) is 12.1 Å². The molecule has 0 unspecified atom stereocenters. The van der Waals surface area contributed by atoms with Crippen molar-refractivity contribution in [1.82, 2.24) is 4.98 Å². The molecular weight excluding hydrogens is 344 g/mol. The highest BCUT2D eigenvalue weighted by Crippen LogP contribution is 2.31. The fourth-order valence-corrected chi connectivity index (χ4v) is 4.23. The fourth-order valence-electron chi connectivity index (χ4n) is 2.22. The van der Waals surface area contributed by atoms with Crippen molar-refractivity contribution in [3.63, 3.8) is 0 Å². The largest absolute Gasteiger partial charge is 0.545 e. The Bertz CT molecular complexity index is 921. The summed E-state index contributed by atoms with van der Waals surface area (Å²) in [5, 5.41) is 13.8. The van der Waals surface area contributed by atoms with Crippen molar-refractivity contribution < 1.29 is 14.7 Å². The Morgan fingerprint density at radius 1 is 1.21 bits per heavy atom. The number of rotatable bonds is 5. The van der Waals surface area contributed by atoms with Crippen LogP contribution < -0.4 is 10.4 Å². The number of thioether (sulfide) groups is 1. The van der Waals surface area contributed by atoms with Crippen molar-refractivity contribution in [3.05, 3.63) is 53.6 Å². The molecule has 1 amide bonds. The number of aromatic nitrogens is 1. The minimum Gasteiger partial charge on any atom is -0.545 e. The van der Waals surface area contributed by atoms with E-state index in [9.17, 15) is 14.7 Å². The smallest absolute Gasteiger partial charge is 0.256 e. The molecule has 3 aromatic rings. The first-order chi connectivity index (χ1) is 11.6. The van der Waals surface area contributed by atoms with Crippen molar-refractivity contribution in [1.29, 1.82) is 0 Å². The molecule has 0 bridgehead atoms. The van der Waals surface area contributed by atoms with Crippen LogP contribution in [0.3, 0.4) is 0 Å². The summed E-state index contributed by atoms with van der Waals surface area (Å²) >= 11 is 3.23. The number of fused-ring (bicyclic) bond motifs is 1. The van der Waals surface area contributed by atoms with E-state index in [4.69, 9.17) is 0 Å². The van der Waals surface area contributed by atoms with Crippen LogP contribution in [0.1, 0.15) is 27.6 Å². The molecule has 1 heterocycles. The zero-order valence-corrected chi connectivity index (χ0v) is 14.4. The Labute approximate surface area is 146 Å². The molecule has 5 nitrogen and oxygen atoms in total. The summed E-state index contributed by atoms with van der Waals surface area (Å²) in [6.45, 7) is 2.07. The van der Waals surface area contributed by atoms with E-state index in [0.29, 0.717) is 5.69 Å². The predicted molar refractivity (Wildman–Crippen MR) is 94.7 cm³/mol. The summed E-state index contributed by atoms with van der Waals surface area (Å²) in [6.07, 6.45) is 0. The molecule has 0 atom stereocenters. The van der Waals surface area contributed by atoms with Gasteiger partial charge >= 0.3 is 0 Å². The second-order valence-electron chi connectivity index (χ2n) is 4.88. The lowest BCUT2D eigenvalue weighted by Crippen LogP contribution is -2.26. The van der Waals surface area contributed by atoms with Crippen LogP contribution in [0, 0.1) is 0 Å². The van der Waals surface area contributed by atoms with E-state index in [1.807, 2.05) is 12.1 Å². The molecule has 0 aliphatic carbocycles. The van der Waals surface area contributed by atoms with Crippen molar-refractivity contribution in [3.8, 4) is 0 Å². The van der Waals surface area contributed by atoms with E-state index >= 15 is 0 Å². The van der Waals surface area contributed by atoms with E-state index in [-0.39, 0.29) is 11.1 Å². The average molecular weight is 357 g/mol. The number of anilines is 1. The number of amides is 1. The number of carbonyl (C=O) groups is 2. The summed E-state index contributed by atoms with van der Waals surface area (Å²) < 4.78 is 1.95. The first-order valence-electron chi connectivity index (χ1n) is 7.23. The second-order valence-corrected chi connectivity index (χ2v) is 7.42. The highest BCUT2D eigenvalue weighted by atomic mass is 32.2. The summed E-state index contributed by atoms with van der Waals surface area (Å²) in [6, 6.07) is 11.4. The Kier molecular flexibility index (Phi) is 4.82. The number of hydrogen-bond donors (Lipinski definition) is 1. The molecular formula is C17H13N2O3S2-. The quantitative estimate of drug-likeness (QED) is 0.710. The highest BCUT2D eigenvalue weighted by molar-refractivity contribution is 8.01. The summed E-state index contributed by atoms with van der Waals surface area (Å²) in [5.41, 5.74) is 1.42. The summed E-state index contributed by atoms with van der Waals surface area (Å²) in [4.78, 5) is 28.0.